The van der Waals surface area contributed by atoms with Crippen molar-refractivity contribution in [3.05, 3.63) is 78.1 Å². The van der Waals surface area contributed by atoms with Crippen molar-refractivity contribution in [2.75, 3.05) is 17.2 Å². The maximum Gasteiger partial charge on any atom is 0.416 e. The quantitative estimate of drug-likeness (QED) is 0.258. The molecule has 0 saturated heterocycles. The number of anilines is 2. The molecule has 0 spiro atoms. The number of ether oxygens (including phenoxy) is 1. The lowest BCUT2D eigenvalue weighted by atomic mass is 10.2. The first-order valence-electron chi connectivity index (χ1n) is 10.5. The van der Waals surface area contributed by atoms with Crippen LogP contribution in [0.2, 0.25) is 0 Å². The van der Waals surface area contributed by atoms with Gasteiger partial charge in [0.05, 0.1) is 5.56 Å². The number of carbonyl (C=O) groups excluding carboxylic acids is 1. The molecule has 0 aliphatic rings. The number of alkyl halides is 3. The molecule has 0 bridgehead atoms. The third-order valence-electron chi connectivity index (χ3n) is 4.58. The molecule has 3 rings (SSSR count). The molecule has 1 heterocycles. The van der Waals surface area contributed by atoms with Crippen LogP contribution in [-0.4, -0.2) is 22.5 Å². The van der Waals surface area contributed by atoms with Crippen molar-refractivity contribution in [3.8, 4) is 11.5 Å². The number of hydrogen-bond acceptors (Lipinski definition) is 4. The van der Waals surface area contributed by atoms with Crippen LogP contribution in [0, 0.1) is 0 Å². The molecule has 0 unspecified atom stereocenters. The second-order valence-corrected chi connectivity index (χ2v) is 7.68. The first-order chi connectivity index (χ1) is 16.2. The molecular weight excluding hydrogens is 465 g/mol. The van der Waals surface area contributed by atoms with Crippen LogP contribution in [0.4, 0.5) is 24.5 Å². The molecule has 1 aromatic heterocycles. The van der Waals surface area contributed by atoms with Crippen LogP contribution < -0.4 is 20.7 Å². The summed E-state index contributed by atoms with van der Waals surface area (Å²) in [5, 5.41) is 8.59. The molecule has 10 heteroatoms. The second kappa shape index (κ2) is 11.5. The zero-order valence-corrected chi connectivity index (χ0v) is 19.1. The minimum atomic E-state index is -4.43. The van der Waals surface area contributed by atoms with Crippen LogP contribution in [0.5, 0.6) is 11.5 Å². The fraction of sp³-hybridized carbons (Fsp3) is 0.208. The molecule has 2 aromatic carbocycles. The van der Waals surface area contributed by atoms with Gasteiger partial charge in [-0.2, -0.15) is 13.2 Å². The van der Waals surface area contributed by atoms with E-state index in [1.54, 1.807) is 36.4 Å². The predicted molar refractivity (Wildman–Crippen MR) is 129 cm³/mol. The average molecular weight is 489 g/mol. The molecule has 3 aromatic rings. The van der Waals surface area contributed by atoms with Crippen LogP contribution in [0.1, 0.15) is 35.8 Å². The van der Waals surface area contributed by atoms with E-state index < -0.39 is 11.7 Å². The summed E-state index contributed by atoms with van der Waals surface area (Å²) in [6, 6.07) is 14.8. The first kappa shape index (κ1) is 25.0. The Morgan fingerprint density at radius 1 is 1.00 bits per heavy atom. The number of hydrogen-bond donors (Lipinski definition) is 3. The van der Waals surface area contributed by atoms with Gasteiger partial charge in [0.2, 0.25) is 0 Å². The highest BCUT2D eigenvalue weighted by atomic mass is 32.1. The third-order valence-corrected chi connectivity index (χ3v) is 4.78. The van der Waals surface area contributed by atoms with Gasteiger partial charge in [-0.1, -0.05) is 19.4 Å². The topological polar surface area (TPSA) is 75.3 Å². The maximum absolute atomic E-state index is 12.9. The van der Waals surface area contributed by atoms with Crippen LogP contribution >= 0.6 is 12.2 Å². The number of unbranched alkanes of at least 4 members (excludes halogenated alkanes) is 1. The van der Waals surface area contributed by atoms with Crippen molar-refractivity contribution in [2.45, 2.75) is 25.9 Å². The average Bonchev–Trinajstić information content (AvgIpc) is 2.80. The SMILES string of the molecule is CCCCNC(=O)c1cc(Oc2ccc(NC(=S)Nc3cccc(C(F)(F)F)c3)cc2)ccn1. The standard InChI is InChI=1S/C24H23F3N4O2S/c1-2-3-12-29-22(32)21-15-20(11-13-28-21)33-19-9-7-17(8-10-19)30-23(34)31-18-6-4-5-16(14-18)24(25,26)27/h4-11,13-15H,2-3,12H2,1H3,(H,29,32)(H2,30,31,34). The summed E-state index contributed by atoms with van der Waals surface area (Å²) in [4.78, 5) is 16.2. The van der Waals surface area contributed by atoms with Crippen molar-refractivity contribution in [3.63, 3.8) is 0 Å². The van der Waals surface area contributed by atoms with Crippen molar-refractivity contribution in [2.24, 2.45) is 0 Å². The highest BCUT2D eigenvalue weighted by Crippen LogP contribution is 2.30. The third kappa shape index (κ3) is 7.45. The minimum Gasteiger partial charge on any atom is -0.457 e. The molecule has 0 radical (unpaired) electrons. The summed E-state index contributed by atoms with van der Waals surface area (Å²) in [5.74, 6) is 0.712. The Morgan fingerprint density at radius 3 is 2.44 bits per heavy atom. The summed E-state index contributed by atoms with van der Waals surface area (Å²) < 4.78 is 44.4. The summed E-state index contributed by atoms with van der Waals surface area (Å²) in [7, 11) is 0. The van der Waals surface area contributed by atoms with Gasteiger partial charge in [0, 0.05) is 30.2 Å². The number of carbonyl (C=O) groups is 1. The van der Waals surface area contributed by atoms with Gasteiger partial charge in [-0.25, -0.2) is 0 Å². The van der Waals surface area contributed by atoms with Crippen molar-refractivity contribution < 1.29 is 22.7 Å². The van der Waals surface area contributed by atoms with Gasteiger partial charge < -0.3 is 20.7 Å². The van der Waals surface area contributed by atoms with Crippen LogP contribution in [0.3, 0.4) is 0 Å². The number of rotatable bonds is 8. The molecule has 178 valence electrons. The van der Waals surface area contributed by atoms with E-state index >= 15 is 0 Å². The fourth-order valence-corrected chi connectivity index (χ4v) is 3.11. The first-order valence-corrected chi connectivity index (χ1v) is 10.9. The Hall–Kier alpha value is -3.66. The van der Waals surface area contributed by atoms with E-state index in [9.17, 15) is 18.0 Å². The molecule has 0 aliphatic heterocycles. The summed E-state index contributed by atoms with van der Waals surface area (Å²) in [6.45, 7) is 2.63. The predicted octanol–water partition coefficient (Wildman–Crippen LogP) is 6.23. The van der Waals surface area contributed by atoms with Crippen LogP contribution in [0.15, 0.2) is 66.9 Å². The number of nitrogens with one attached hydrogen (secondary N) is 3. The van der Waals surface area contributed by atoms with E-state index in [0.717, 1.165) is 25.0 Å². The van der Waals surface area contributed by atoms with Crippen LogP contribution in [0.25, 0.3) is 0 Å². The highest BCUT2D eigenvalue weighted by molar-refractivity contribution is 7.80. The Labute approximate surface area is 200 Å². The molecule has 34 heavy (non-hydrogen) atoms. The van der Waals surface area contributed by atoms with Gasteiger partial charge >= 0.3 is 6.18 Å². The van der Waals surface area contributed by atoms with E-state index in [-0.39, 0.29) is 22.4 Å². The maximum atomic E-state index is 12.9. The van der Waals surface area contributed by atoms with E-state index in [1.165, 1.54) is 18.3 Å². The zero-order chi connectivity index (χ0) is 24.6. The number of benzene rings is 2. The monoisotopic (exact) mass is 488 g/mol. The lowest BCUT2D eigenvalue weighted by molar-refractivity contribution is -0.137. The number of amides is 1. The Balaban J connectivity index is 1.57. The van der Waals surface area contributed by atoms with Gasteiger partial charge in [-0.05, 0) is 67.2 Å². The number of pyridine rings is 1. The smallest absolute Gasteiger partial charge is 0.416 e. The van der Waals surface area contributed by atoms with Crippen molar-refractivity contribution >= 4 is 34.6 Å². The number of nitrogens with zero attached hydrogens (tertiary/aromatic N) is 1. The van der Waals surface area contributed by atoms with E-state index in [2.05, 4.69) is 20.9 Å². The number of thiocarbonyl (C=S) groups is 1. The Kier molecular flexibility index (Phi) is 8.42. The number of halogens is 3. The molecule has 0 fully saturated rings. The van der Waals surface area contributed by atoms with Gasteiger partial charge in [-0.3, -0.25) is 9.78 Å². The lowest BCUT2D eigenvalue weighted by Gasteiger charge is -2.13. The summed E-state index contributed by atoms with van der Waals surface area (Å²) >= 11 is 5.19. The van der Waals surface area contributed by atoms with E-state index in [0.29, 0.717) is 23.7 Å². The van der Waals surface area contributed by atoms with Gasteiger partial charge in [0.1, 0.15) is 17.2 Å². The minimum absolute atomic E-state index is 0.140. The number of aromatic nitrogens is 1. The highest BCUT2D eigenvalue weighted by Gasteiger charge is 2.30. The largest absolute Gasteiger partial charge is 0.457 e. The Bertz CT molecular complexity index is 1140. The zero-order valence-electron chi connectivity index (χ0n) is 18.3. The molecule has 6 nitrogen and oxygen atoms in total. The normalized spacial score (nSPS) is 10.9. The lowest BCUT2D eigenvalue weighted by Crippen LogP contribution is -2.25. The summed E-state index contributed by atoms with van der Waals surface area (Å²) in [6.07, 6.45) is -1.07. The van der Waals surface area contributed by atoms with Crippen molar-refractivity contribution in [1.29, 1.82) is 0 Å². The molecule has 3 N–H and O–H groups in total. The van der Waals surface area contributed by atoms with Gasteiger partial charge in [0.15, 0.2) is 5.11 Å². The summed E-state index contributed by atoms with van der Waals surface area (Å²) in [5.41, 5.74) is 0.333. The van der Waals surface area contributed by atoms with Crippen molar-refractivity contribution in [1.82, 2.24) is 10.3 Å². The van der Waals surface area contributed by atoms with Gasteiger partial charge in [0.25, 0.3) is 5.91 Å². The molecule has 0 atom stereocenters. The molecule has 0 aliphatic carbocycles. The molecular formula is C24H23F3N4O2S. The Morgan fingerprint density at radius 2 is 1.74 bits per heavy atom. The van der Waals surface area contributed by atoms with Gasteiger partial charge in [-0.15, -0.1) is 0 Å². The second-order valence-electron chi connectivity index (χ2n) is 7.27. The van der Waals surface area contributed by atoms with E-state index in [1.807, 2.05) is 6.92 Å². The fourth-order valence-electron chi connectivity index (χ4n) is 2.88. The molecule has 1 amide bonds. The van der Waals surface area contributed by atoms with E-state index in [4.69, 9.17) is 17.0 Å². The molecule has 0 saturated carbocycles. The van der Waals surface area contributed by atoms with Crippen LogP contribution in [-0.2, 0) is 6.18 Å².